The highest BCUT2D eigenvalue weighted by molar-refractivity contribution is 9.10. The van der Waals surface area contributed by atoms with Gasteiger partial charge in [0.25, 0.3) is 5.91 Å². The molecule has 2 aromatic carbocycles. The fourth-order valence-corrected chi connectivity index (χ4v) is 2.27. The lowest BCUT2D eigenvalue weighted by atomic mass is 10.2. The lowest BCUT2D eigenvalue weighted by Crippen LogP contribution is -2.13. The van der Waals surface area contributed by atoms with Crippen LogP contribution in [0.15, 0.2) is 40.9 Å². The molecule has 6 heteroatoms. The van der Waals surface area contributed by atoms with E-state index in [1.165, 1.54) is 7.11 Å². The Morgan fingerprint density at radius 1 is 1.30 bits per heavy atom. The first-order valence-electron chi connectivity index (χ1n) is 5.71. The summed E-state index contributed by atoms with van der Waals surface area (Å²) in [5.74, 6) is 0.207. The third-order valence-corrected chi connectivity index (χ3v) is 3.57. The Kier molecular flexibility index (Phi) is 4.52. The first kappa shape index (κ1) is 14.7. The van der Waals surface area contributed by atoms with Crippen molar-refractivity contribution in [1.29, 1.82) is 0 Å². The van der Waals surface area contributed by atoms with Crippen LogP contribution in [-0.2, 0) is 0 Å². The minimum absolute atomic E-state index is 0.289. The predicted molar refractivity (Wildman–Crippen MR) is 84.5 cm³/mol. The number of methoxy groups -OCH3 is 1. The number of nitrogen functional groups attached to an aromatic ring is 1. The van der Waals surface area contributed by atoms with Crippen molar-refractivity contribution in [2.45, 2.75) is 0 Å². The Morgan fingerprint density at radius 2 is 2.05 bits per heavy atom. The lowest BCUT2D eigenvalue weighted by Gasteiger charge is -2.11. The first-order chi connectivity index (χ1) is 9.51. The number of ether oxygens (including phenoxy) is 1. The normalized spacial score (nSPS) is 10.2. The van der Waals surface area contributed by atoms with Crippen LogP contribution < -0.4 is 15.8 Å². The highest BCUT2D eigenvalue weighted by atomic mass is 79.9. The summed E-state index contributed by atoms with van der Waals surface area (Å²) in [6.45, 7) is 0. The number of rotatable bonds is 3. The maximum absolute atomic E-state index is 12.3. The van der Waals surface area contributed by atoms with Gasteiger partial charge in [-0.25, -0.2) is 0 Å². The molecule has 0 fully saturated rings. The smallest absolute Gasteiger partial charge is 0.256 e. The minimum Gasteiger partial charge on any atom is -0.494 e. The molecule has 0 aromatic heterocycles. The average Bonchev–Trinajstić information content (AvgIpc) is 2.43. The standard InChI is InChI=1S/C14H12BrClN2O2/c1-20-13-7-9(17)3-5-12(13)18-14(19)10-6-8(16)2-4-11(10)15/h2-7H,17H2,1H3,(H,18,19). The molecule has 2 aromatic rings. The van der Waals surface area contributed by atoms with Crippen LogP contribution in [0.5, 0.6) is 5.75 Å². The number of nitrogens with two attached hydrogens (primary N) is 1. The van der Waals surface area contributed by atoms with E-state index in [9.17, 15) is 4.79 Å². The number of hydrogen-bond donors (Lipinski definition) is 2. The molecule has 0 atom stereocenters. The zero-order chi connectivity index (χ0) is 14.7. The molecule has 3 N–H and O–H groups in total. The fourth-order valence-electron chi connectivity index (χ4n) is 1.67. The summed E-state index contributed by atoms with van der Waals surface area (Å²) in [5.41, 5.74) is 7.21. The van der Waals surface area contributed by atoms with Crippen LogP contribution in [0, 0.1) is 0 Å². The number of halogens is 2. The molecule has 2 rings (SSSR count). The van der Waals surface area contributed by atoms with E-state index in [2.05, 4.69) is 21.2 Å². The maximum atomic E-state index is 12.3. The summed E-state index contributed by atoms with van der Waals surface area (Å²) in [7, 11) is 1.51. The topological polar surface area (TPSA) is 64.3 Å². The Hall–Kier alpha value is -1.72. The average molecular weight is 356 g/mol. The number of hydrogen-bond acceptors (Lipinski definition) is 3. The van der Waals surface area contributed by atoms with Crippen molar-refractivity contribution in [1.82, 2.24) is 0 Å². The van der Waals surface area contributed by atoms with Crippen molar-refractivity contribution in [3.05, 3.63) is 51.5 Å². The van der Waals surface area contributed by atoms with E-state index in [4.69, 9.17) is 22.1 Å². The van der Waals surface area contributed by atoms with Crippen LogP contribution in [0.4, 0.5) is 11.4 Å². The Bertz CT molecular complexity index is 662. The third-order valence-electron chi connectivity index (χ3n) is 2.65. The van der Waals surface area contributed by atoms with Crippen LogP contribution in [0.25, 0.3) is 0 Å². The van der Waals surface area contributed by atoms with Gasteiger partial charge in [-0.2, -0.15) is 0 Å². The van der Waals surface area contributed by atoms with Crippen LogP contribution >= 0.6 is 27.5 Å². The predicted octanol–water partition coefficient (Wildman–Crippen LogP) is 3.95. The van der Waals surface area contributed by atoms with Gasteiger partial charge in [0.1, 0.15) is 5.75 Å². The molecular formula is C14H12BrClN2O2. The summed E-state index contributed by atoms with van der Waals surface area (Å²) in [6.07, 6.45) is 0. The number of anilines is 2. The molecular weight excluding hydrogens is 344 g/mol. The van der Waals surface area contributed by atoms with Crippen molar-refractivity contribution in [3.63, 3.8) is 0 Å². The van der Waals surface area contributed by atoms with Crippen LogP contribution in [0.2, 0.25) is 5.02 Å². The van der Waals surface area contributed by atoms with Gasteiger partial charge in [-0.05, 0) is 46.3 Å². The molecule has 0 bridgehead atoms. The van der Waals surface area contributed by atoms with Crippen molar-refractivity contribution in [2.24, 2.45) is 0 Å². The van der Waals surface area contributed by atoms with E-state index in [1.807, 2.05) is 0 Å². The van der Waals surface area contributed by atoms with Gasteiger partial charge >= 0.3 is 0 Å². The Balaban J connectivity index is 2.30. The SMILES string of the molecule is COc1cc(N)ccc1NC(=O)c1cc(Cl)ccc1Br. The molecule has 0 aliphatic carbocycles. The highest BCUT2D eigenvalue weighted by Crippen LogP contribution is 2.28. The maximum Gasteiger partial charge on any atom is 0.256 e. The summed E-state index contributed by atoms with van der Waals surface area (Å²) in [6, 6.07) is 10.0. The minimum atomic E-state index is -0.289. The Morgan fingerprint density at radius 3 is 2.75 bits per heavy atom. The Labute approximate surface area is 130 Å². The molecule has 104 valence electrons. The molecule has 0 saturated carbocycles. The number of nitrogens with one attached hydrogen (secondary N) is 1. The molecule has 0 aliphatic rings. The van der Waals surface area contributed by atoms with Gasteiger partial charge in [0.2, 0.25) is 0 Å². The second-order valence-corrected chi connectivity index (χ2v) is 5.33. The molecule has 1 amide bonds. The summed E-state index contributed by atoms with van der Waals surface area (Å²) in [5, 5.41) is 3.25. The zero-order valence-corrected chi connectivity index (χ0v) is 13.0. The van der Waals surface area contributed by atoms with Gasteiger partial charge in [-0.15, -0.1) is 0 Å². The molecule has 0 aliphatic heterocycles. The van der Waals surface area contributed by atoms with E-state index < -0.39 is 0 Å². The highest BCUT2D eigenvalue weighted by Gasteiger charge is 2.13. The quantitative estimate of drug-likeness (QED) is 0.820. The van der Waals surface area contributed by atoms with Gasteiger partial charge in [-0.1, -0.05) is 11.6 Å². The van der Waals surface area contributed by atoms with Crippen LogP contribution in [-0.4, -0.2) is 13.0 Å². The fraction of sp³-hybridized carbons (Fsp3) is 0.0714. The van der Waals surface area contributed by atoms with E-state index in [0.717, 1.165) is 0 Å². The molecule has 0 unspecified atom stereocenters. The van der Waals surface area contributed by atoms with Crippen molar-refractivity contribution < 1.29 is 9.53 Å². The summed E-state index contributed by atoms with van der Waals surface area (Å²) in [4.78, 5) is 12.3. The van der Waals surface area contributed by atoms with Crippen molar-refractivity contribution >= 4 is 44.8 Å². The summed E-state index contributed by atoms with van der Waals surface area (Å²) < 4.78 is 5.85. The van der Waals surface area contributed by atoms with Crippen LogP contribution in [0.3, 0.4) is 0 Å². The number of benzene rings is 2. The van der Waals surface area contributed by atoms with Crippen LogP contribution in [0.1, 0.15) is 10.4 Å². The lowest BCUT2D eigenvalue weighted by molar-refractivity contribution is 0.102. The monoisotopic (exact) mass is 354 g/mol. The molecule has 0 heterocycles. The third kappa shape index (κ3) is 3.23. The van der Waals surface area contributed by atoms with E-state index in [0.29, 0.717) is 32.2 Å². The van der Waals surface area contributed by atoms with Gasteiger partial charge in [-0.3, -0.25) is 4.79 Å². The van der Waals surface area contributed by atoms with Gasteiger partial charge in [0.15, 0.2) is 0 Å². The zero-order valence-electron chi connectivity index (χ0n) is 10.6. The number of carbonyl (C=O) groups excluding carboxylic acids is 1. The summed E-state index contributed by atoms with van der Waals surface area (Å²) >= 11 is 9.22. The number of carbonyl (C=O) groups is 1. The van der Waals surface area contributed by atoms with E-state index in [1.54, 1.807) is 36.4 Å². The molecule has 4 nitrogen and oxygen atoms in total. The van der Waals surface area contributed by atoms with E-state index >= 15 is 0 Å². The first-order valence-corrected chi connectivity index (χ1v) is 6.88. The molecule has 0 spiro atoms. The van der Waals surface area contributed by atoms with E-state index in [-0.39, 0.29) is 5.91 Å². The number of amides is 1. The molecule has 20 heavy (non-hydrogen) atoms. The molecule has 0 saturated heterocycles. The van der Waals surface area contributed by atoms with Crippen molar-refractivity contribution in [2.75, 3.05) is 18.2 Å². The largest absolute Gasteiger partial charge is 0.494 e. The van der Waals surface area contributed by atoms with Gasteiger partial charge < -0.3 is 15.8 Å². The second-order valence-electron chi connectivity index (χ2n) is 4.04. The van der Waals surface area contributed by atoms with Crippen molar-refractivity contribution in [3.8, 4) is 5.75 Å². The second kappa shape index (κ2) is 6.15. The van der Waals surface area contributed by atoms with Gasteiger partial charge in [0, 0.05) is 21.2 Å². The van der Waals surface area contributed by atoms with Gasteiger partial charge in [0.05, 0.1) is 18.4 Å². The molecule has 0 radical (unpaired) electrons.